The lowest BCUT2D eigenvalue weighted by molar-refractivity contribution is 0.401. The van der Waals surface area contributed by atoms with Crippen LogP contribution in [-0.4, -0.2) is 21.5 Å². The number of pyridine rings is 2. The maximum Gasteiger partial charge on any atom is 0.145 e. The molecule has 5 heteroatoms. The van der Waals surface area contributed by atoms with Crippen molar-refractivity contribution >= 4 is 0 Å². The first-order chi connectivity index (χ1) is 10.6. The van der Waals surface area contributed by atoms with Gasteiger partial charge in [0.05, 0.1) is 17.2 Å². The first-order valence-corrected chi connectivity index (χ1v) is 7.04. The monoisotopic (exact) mass is 296 g/mol. The standard InChI is InChI=1S/C17H17FN4/c18-13-6-4-10-22-16(13)15(12-5-3-9-21-11-12)17(20)8-2-1-7-14(17)19/h1-11,14-15H,19-20H2. The van der Waals surface area contributed by atoms with E-state index in [0.717, 1.165) is 5.56 Å². The van der Waals surface area contributed by atoms with E-state index in [1.165, 1.54) is 6.07 Å². The Morgan fingerprint density at radius 2 is 2.00 bits per heavy atom. The fourth-order valence-corrected chi connectivity index (χ4v) is 2.81. The second-order valence-electron chi connectivity index (χ2n) is 5.36. The van der Waals surface area contributed by atoms with Crippen molar-refractivity contribution in [3.8, 4) is 0 Å². The lowest BCUT2D eigenvalue weighted by Gasteiger charge is -2.39. The van der Waals surface area contributed by atoms with Crippen molar-refractivity contribution in [2.75, 3.05) is 0 Å². The molecule has 0 radical (unpaired) electrons. The van der Waals surface area contributed by atoms with Crippen molar-refractivity contribution in [2.24, 2.45) is 11.5 Å². The lowest BCUT2D eigenvalue weighted by atomic mass is 9.72. The molecular formula is C17H17FN4. The highest BCUT2D eigenvalue weighted by Crippen LogP contribution is 2.37. The summed E-state index contributed by atoms with van der Waals surface area (Å²) in [6, 6.07) is 6.13. The Morgan fingerprint density at radius 3 is 2.68 bits per heavy atom. The van der Waals surface area contributed by atoms with Crippen LogP contribution >= 0.6 is 0 Å². The van der Waals surface area contributed by atoms with Crippen molar-refractivity contribution in [1.82, 2.24) is 9.97 Å². The number of aromatic nitrogens is 2. The molecule has 2 aromatic rings. The number of hydrogen-bond acceptors (Lipinski definition) is 4. The molecule has 112 valence electrons. The molecule has 2 heterocycles. The Morgan fingerprint density at radius 1 is 1.18 bits per heavy atom. The Kier molecular flexibility index (Phi) is 3.83. The van der Waals surface area contributed by atoms with Crippen molar-refractivity contribution in [3.63, 3.8) is 0 Å². The zero-order valence-electron chi connectivity index (χ0n) is 11.9. The van der Waals surface area contributed by atoms with Crippen LogP contribution in [0, 0.1) is 5.82 Å². The third kappa shape index (κ3) is 2.45. The summed E-state index contributed by atoms with van der Waals surface area (Å²) in [6.45, 7) is 0. The number of rotatable bonds is 3. The maximum absolute atomic E-state index is 14.4. The molecule has 2 aromatic heterocycles. The minimum absolute atomic E-state index is 0.272. The predicted octanol–water partition coefficient (Wildman–Crippen LogP) is 1.90. The third-order valence-corrected chi connectivity index (χ3v) is 3.97. The summed E-state index contributed by atoms with van der Waals surface area (Å²) >= 11 is 0. The van der Waals surface area contributed by atoms with Crippen LogP contribution in [0.25, 0.3) is 0 Å². The highest BCUT2D eigenvalue weighted by Gasteiger charge is 2.42. The van der Waals surface area contributed by atoms with E-state index in [2.05, 4.69) is 9.97 Å². The summed E-state index contributed by atoms with van der Waals surface area (Å²) in [6.07, 6.45) is 12.2. The summed E-state index contributed by atoms with van der Waals surface area (Å²) in [5, 5.41) is 0. The normalized spacial score (nSPS) is 25.1. The molecule has 22 heavy (non-hydrogen) atoms. The van der Waals surface area contributed by atoms with Gasteiger partial charge in [0.25, 0.3) is 0 Å². The molecule has 0 aromatic carbocycles. The summed E-state index contributed by atoms with van der Waals surface area (Å²) in [7, 11) is 0. The maximum atomic E-state index is 14.4. The van der Waals surface area contributed by atoms with Gasteiger partial charge in [-0.1, -0.05) is 30.4 Å². The van der Waals surface area contributed by atoms with Crippen LogP contribution in [0.15, 0.2) is 67.2 Å². The van der Waals surface area contributed by atoms with E-state index in [1.807, 2.05) is 30.4 Å². The van der Waals surface area contributed by atoms with Crippen molar-refractivity contribution < 1.29 is 4.39 Å². The molecule has 0 aliphatic heterocycles. The van der Waals surface area contributed by atoms with E-state index in [1.54, 1.807) is 30.7 Å². The highest BCUT2D eigenvalue weighted by molar-refractivity contribution is 5.41. The van der Waals surface area contributed by atoms with Crippen LogP contribution in [0.3, 0.4) is 0 Å². The molecule has 0 bridgehead atoms. The third-order valence-electron chi connectivity index (χ3n) is 3.97. The fraction of sp³-hybridized carbons (Fsp3) is 0.176. The topological polar surface area (TPSA) is 77.8 Å². The minimum Gasteiger partial charge on any atom is -0.323 e. The van der Waals surface area contributed by atoms with Gasteiger partial charge in [-0.25, -0.2) is 4.39 Å². The van der Waals surface area contributed by atoms with E-state index in [0.29, 0.717) is 0 Å². The number of halogens is 1. The average Bonchev–Trinajstić information content (AvgIpc) is 2.54. The number of nitrogens with zero attached hydrogens (tertiary/aromatic N) is 2. The van der Waals surface area contributed by atoms with Crippen LogP contribution in [0.4, 0.5) is 4.39 Å². The van der Waals surface area contributed by atoms with Gasteiger partial charge in [-0.15, -0.1) is 0 Å². The van der Waals surface area contributed by atoms with Gasteiger partial charge in [0.1, 0.15) is 5.82 Å². The minimum atomic E-state index is -0.979. The molecule has 1 aliphatic carbocycles. The van der Waals surface area contributed by atoms with Crippen molar-refractivity contribution in [1.29, 1.82) is 0 Å². The van der Waals surface area contributed by atoms with Gasteiger partial charge in [-0.3, -0.25) is 9.97 Å². The molecular weight excluding hydrogens is 279 g/mol. The number of hydrogen-bond donors (Lipinski definition) is 2. The van der Waals surface area contributed by atoms with Crippen LogP contribution < -0.4 is 11.5 Å². The first kappa shape index (κ1) is 14.6. The molecule has 0 saturated heterocycles. The molecule has 4 nitrogen and oxygen atoms in total. The molecule has 0 fully saturated rings. The SMILES string of the molecule is NC1C=CC=CC1(N)C(c1cccnc1)c1ncccc1F. The van der Waals surface area contributed by atoms with E-state index in [-0.39, 0.29) is 5.69 Å². The molecule has 3 unspecified atom stereocenters. The Bertz CT molecular complexity index is 714. The largest absolute Gasteiger partial charge is 0.323 e. The van der Waals surface area contributed by atoms with Gasteiger partial charge >= 0.3 is 0 Å². The summed E-state index contributed by atoms with van der Waals surface area (Å²) in [5.41, 5.74) is 12.9. The predicted molar refractivity (Wildman–Crippen MR) is 83.4 cm³/mol. The number of nitrogens with two attached hydrogens (primary N) is 2. The van der Waals surface area contributed by atoms with Crippen LogP contribution in [0.5, 0.6) is 0 Å². The molecule has 0 spiro atoms. The van der Waals surface area contributed by atoms with Gasteiger partial charge in [0, 0.05) is 24.6 Å². The van der Waals surface area contributed by atoms with Crippen molar-refractivity contribution in [2.45, 2.75) is 17.5 Å². The van der Waals surface area contributed by atoms with E-state index >= 15 is 0 Å². The first-order valence-electron chi connectivity index (χ1n) is 7.04. The Hall–Kier alpha value is -2.37. The van der Waals surface area contributed by atoms with E-state index < -0.39 is 23.3 Å². The van der Waals surface area contributed by atoms with Gasteiger partial charge in [-0.05, 0) is 23.8 Å². The Labute approximate surface area is 128 Å². The van der Waals surface area contributed by atoms with Gasteiger partial charge < -0.3 is 11.5 Å². The molecule has 3 rings (SSSR count). The lowest BCUT2D eigenvalue weighted by Crippen LogP contribution is -2.58. The summed E-state index contributed by atoms with van der Waals surface area (Å²) in [4.78, 5) is 8.34. The van der Waals surface area contributed by atoms with Gasteiger partial charge in [0.2, 0.25) is 0 Å². The Balaban J connectivity index is 2.19. The van der Waals surface area contributed by atoms with Gasteiger partial charge in [0.15, 0.2) is 0 Å². The van der Waals surface area contributed by atoms with Crippen LogP contribution in [-0.2, 0) is 0 Å². The number of allylic oxidation sites excluding steroid dienone is 2. The molecule has 0 saturated carbocycles. The zero-order valence-corrected chi connectivity index (χ0v) is 11.9. The smallest absolute Gasteiger partial charge is 0.145 e. The van der Waals surface area contributed by atoms with Crippen LogP contribution in [0.1, 0.15) is 17.2 Å². The van der Waals surface area contributed by atoms with Gasteiger partial charge in [-0.2, -0.15) is 0 Å². The van der Waals surface area contributed by atoms with Crippen molar-refractivity contribution in [3.05, 3.63) is 84.2 Å². The summed E-state index contributed by atoms with van der Waals surface area (Å²) < 4.78 is 14.4. The highest BCUT2D eigenvalue weighted by atomic mass is 19.1. The second-order valence-corrected chi connectivity index (χ2v) is 5.36. The average molecular weight is 296 g/mol. The molecule has 1 aliphatic rings. The fourth-order valence-electron chi connectivity index (χ4n) is 2.81. The zero-order chi connectivity index (χ0) is 15.6. The summed E-state index contributed by atoms with van der Waals surface area (Å²) in [5.74, 6) is -0.935. The van der Waals surface area contributed by atoms with E-state index in [4.69, 9.17) is 11.5 Å². The van der Waals surface area contributed by atoms with E-state index in [9.17, 15) is 4.39 Å². The van der Waals surface area contributed by atoms with Crippen LogP contribution in [0.2, 0.25) is 0 Å². The quantitative estimate of drug-likeness (QED) is 0.907. The molecule has 4 N–H and O–H groups in total. The molecule has 3 atom stereocenters. The molecule has 0 amide bonds. The second kappa shape index (κ2) is 5.79.